The molecule has 2 rings (SSSR count). The molecule has 1 unspecified atom stereocenters. The van der Waals surface area contributed by atoms with Gasteiger partial charge in [-0.05, 0) is 45.0 Å². The van der Waals surface area contributed by atoms with Crippen molar-refractivity contribution < 1.29 is 0 Å². The summed E-state index contributed by atoms with van der Waals surface area (Å²) < 4.78 is 0. The van der Waals surface area contributed by atoms with Crippen molar-refractivity contribution in [3.05, 3.63) is 24.3 Å². The van der Waals surface area contributed by atoms with Crippen LogP contribution in [0.5, 0.6) is 0 Å². The van der Waals surface area contributed by atoms with E-state index in [9.17, 15) is 0 Å². The lowest BCUT2D eigenvalue weighted by atomic mass is 10.2. The molecule has 1 atom stereocenters. The number of benzene rings is 1. The van der Waals surface area contributed by atoms with E-state index < -0.39 is 0 Å². The van der Waals surface area contributed by atoms with Gasteiger partial charge in [-0.25, -0.2) is 4.99 Å². The van der Waals surface area contributed by atoms with Gasteiger partial charge in [0.25, 0.3) is 0 Å². The molecule has 0 saturated carbocycles. The highest BCUT2D eigenvalue weighted by Gasteiger charge is 2.21. The van der Waals surface area contributed by atoms with Crippen molar-refractivity contribution in [2.75, 3.05) is 18.0 Å². The molecule has 0 aromatic heterocycles. The van der Waals surface area contributed by atoms with Gasteiger partial charge in [0.1, 0.15) is 11.8 Å². The molecule has 5 nitrogen and oxygen atoms in total. The third-order valence-corrected chi connectivity index (χ3v) is 3.20. The summed E-state index contributed by atoms with van der Waals surface area (Å²) in [5.74, 6) is 0.167. The summed E-state index contributed by atoms with van der Waals surface area (Å²) in [6.07, 6.45) is 0. The van der Waals surface area contributed by atoms with E-state index in [2.05, 4.69) is 46.1 Å². The molecule has 1 heterocycles. The van der Waals surface area contributed by atoms with E-state index in [1.165, 1.54) is 5.69 Å². The van der Waals surface area contributed by atoms with E-state index in [0.29, 0.717) is 5.71 Å². The van der Waals surface area contributed by atoms with Crippen LogP contribution in [0.2, 0.25) is 0 Å². The highest BCUT2D eigenvalue weighted by Crippen LogP contribution is 2.21. The first-order valence-electron chi connectivity index (χ1n) is 6.59. The summed E-state index contributed by atoms with van der Waals surface area (Å²) in [5.41, 5.74) is 2.67. The van der Waals surface area contributed by atoms with Crippen LogP contribution in [-0.2, 0) is 0 Å². The van der Waals surface area contributed by atoms with Gasteiger partial charge in [-0.1, -0.05) is 0 Å². The van der Waals surface area contributed by atoms with Crippen LogP contribution in [0.3, 0.4) is 0 Å². The van der Waals surface area contributed by atoms with Crippen molar-refractivity contribution in [3.8, 4) is 0 Å². The molecule has 0 radical (unpaired) electrons. The Balaban J connectivity index is 2.20. The average Bonchev–Trinajstić information content (AvgIpc) is 2.74. The fraction of sp³-hybridized carbons (Fsp3) is 0.429. The van der Waals surface area contributed by atoms with E-state index in [4.69, 9.17) is 5.41 Å². The van der Waals surface area contributed by atoms with Crippen LogP contribution in [0, 0.1) is 5.41 Å². The smallest absolute Gasteiger partial charge is 0.190 e. The lowest BCUT2D eigenvalue weighted by Crippen LogP contribution is -2.21. The second kappa shape index (κ2) is 5.73. The SMILES string of the molecule is CCN(CC)c1ccc(N=C2C(=N)N=NC2C)cc1. The molecule has 100 valence electrons. The Morgan fingerprint density at radius 2 is 1.84 bits per heavy atom. The van der Waals surface area contributed by atoms with Gasteiger partial charge >= 0.3 is 0 Å². The average molecular weight is 257 g/mol. The molecule has 5 heteroatoms. The van der Waals surface area contributed by atoms with Gasteiger partial charge in [0.15, 0.2) is 5.84 Å². The van der Waals surface area contributed by atoms with Crippen LogP contribution in [0.4, 0.5) is 11.4 Å². The number of azo groups is 1. The minimum absolute atomic E-state index is 0.116. The van der Waals surface area contributed by atoms with E-state index in [0.717, 1.165) is 18.8 Å². The molecule has 0 bridgehead atoms. The minimum atomic E-state index is -0.116. The van der Waals surface area contributed by atoms with Crippen LogP contribution < -0.4 is 4.90 Å². The number of hydrogen-bond acceptors (Lipinski definition) is 4. The molecule has 1 aliphatic heterocycles. The van der Waals surface area contributed by atoms with Gasteiger partial charge in [0.05, 0.1) is 5.69 Å². The van der Waals surface area contributed by atoms with Gasteiger partial charge in [-0.3, -0.25) is 5.41 Å². The molecule has 0 spiro atoms. The van der Waals surface area contributed by atoms with Crippen LogP contribution >= 0.6 is 0 Å². The number of rotatable bonds is 4. The standard InChI is InChI=1S/C14H19N5/c1-4-19(5-2)12-8-6-11(7-9-12)16-13-10(3)17-18-14(13)15/h6-10,15H,4-5H2,1-3H3. The Kier molecular flexibility index (Phi) is 4.04. The molecule has 1 N–H and O–H groups in total. The third-order valence-electron chi connectivity index (χ3n) is 3.20. The molecular formula is C14H19N5. The maximum Gasteiger partial charge on any atom is 0.190 e. The Morgan fingerprint density at radius 3 is 2.32 bits per heavy atom. The second-order valence-corrected chi connectivity index (χ2v) is 4.43. The topological polar surface area (TPSA) is 64.2 Å². The molecule has 1 aromatic rings. The molecule has 0 aliphatic carbocycles. The summed E-state index contributed by atoms with van der Waals surface area (Å²) in [4.78, 5) is 6.74. The van der Waals surface area contributed by atoms with Crippen molar-refractivity contribution in [1.82, 2.24) is 0 Å². The highest BCUT2D eigenvalue weighted by molar-refractivity contribution is 6.44. The number of nitrogens with zero attached hydrogens (tertiary/aromatic N) is 4. The third kappa shape index (κ3) is 2.86. The van der Waals surface area contributed by atoms with Crippen LogP contribution in [0.15, 0.2) is 39.5 Å². The van der Waals surface area contributed by atoms with E-state index in [1.54, 1.807) is 0 Å². The second-order valence-electron chi connectivity index (χ2n) is 4.43. The summed E-state index contributed by atoms with van der Waals surface area (Å²) in [5, 5.41) is 15.3. The Labute approximate surface area is 113 Å². The Hall–Kier alpha value is -2.04. The zero-order valence-electron chi connectivity index (χ0n) is 11.6. The largest absolute Gasteiger partial charge is 0.372 e. The Morgan fingerprint density at radius 1 is 1.21 bits per heavy atom. The zero-order valence-corrected chi connectivity index (χ0v) is 11.6. The van der Waals surface area contributed by atoms with E-state index in [-0.39, 0.29) is 11.9 Å². The first-order valence-corrected chi connectivity index (χ1v) is 6.59. The molecule has 0 amide bonds. The lowest BCUT2D eigenvalue weighted by molar-refractivity contribution is 0.866. The fourth-order valence-electron chi connectivity index (χ4n) is 2.06. The molecule has 1 aromatic carbocycles. The number of nitrogens with one attached hydrogen (secondary N) is 1. The predicted molar refractivity (Wildman–Crippen MR) is 79.1 cm³/mol. The fourth-order valence-corrected chi connectivity index (χ4v) is 2.06. The highest BCUT2D eigenvalue weighted by atomic mass is 15.2. The predicted octanol–water partition coefficient (Wildman–Crippen LogP) is 3.44. The first-order chi connectivity index (χ1) is 9.15. The molecular weight excluding hydrogens is 238 g/mol. The van der Waals surface area contributed by atoms with Crippen molar-refractivity contribution in [2.24, 2.45) is 15.2 Å². The van der Waals surface area contributed by atoms with Crippen LogP contribution in [0.25, 0.3) is 0 Å². The van der Waals surface area contributed by atoms with Gasteiger partial charge in [0.2, 0.25) is 0 Å². The number of anilines is 1. The monoisotopic (exact) mass is 257 g/mol. The molecule has 0 fully saturated rings. The minimum Gasteiger partial charge on any atom is -0.372 e. The molecule has 0 saturated heterocycles. The van der Waals surface area contributed by atoms with Crippen molar-refractivity contribution in [1.29, 1.82) is 5.41 Å². The molecule has 1 aliphatic rings. The van der Waals surface area contributed by atoms with E-state index in [1.807, 2.05) is 19.1 Å². The normalized spacial score (nSPS) is 20.3. The number of amidine groups is 1. The first kappa shape index (κ1) is 13.4. The Bertz CT molecular complexity index is 511. The van der Waals surface area contributed by atoms with E-state index >= 15 is 0 Å². The summed E-state index contributed by atoms with van der Waals surface area (Å²) >= 11 is 0. The van der Waals surface area contributed by atoms with Crippen molar-refractivity contribution in [3.63, 3.8) is 0 Å². The zero-order chi connectivity index (χ0) is 13.8. The number of aliphatic imine (C=N–C) groups is 1. The van der Waals surface area contributed by atoms with Gasteiger partial charge < -0.3 is 4.90 Å². The van der Waals surface area contributed by atoms with Crippen LogP contribution in [-0.4, -0.2) is 30.7 Å². The van der Waals surface area contributed by atoms with Gasteiger partial charge in [-0.15, -0.1) is 5.11 Å². The van der Waals surface area contributed by atoms with Crippen molar-refractivity contribution in [2.45, 2.75) is 26.8 Å². The quantitative estimate of drug-likeness (QED) is 0.882. The van der Waals surface area contributed by atoms with Crippen LogP contribution in [0.1, 0.15) is 20.8 Å². The molecule has 19 heavy (non-hydrogen) atoms. The number of hydrogen-bond donors (Lipinski definition) is 1. The maximum absolute atomic E-state index is 7.66. The summed E-state index contributed by atoms with van der Waals surface area (Å²) in [6, 6.07) is 7.95. The van der Waals surface area contributed by atoms with Gasteiger partial charge in [-0.2, -0.15) is 5.11 Å². The van der Waals surface area contributed by atoms with Crippen molar-refractivity contribution >= 4 is 22.9 Å². The van der Waals surface area contributed by atoms with Gasteiger partial charge in [0, 0.05) is 18.8 Å². The summed E-state index contributed by atoms with van der Waals surface area (Å²) in [6.45, 7) is 8.16. The maximum atomic E-state index is 7.66. The summed E-state index contributed by atoms with van der Waals surface area (Å²) in [7, 11) is 0. The lowest BCUT2D eigenvalue weighted by Gasteiger charge is -2.20.